The number of carbonyl (C=O) groups is 3. The van der Waals surface area contributed by atoms with Gasteiger partial charge in [0.05, 0.1) is 6.10 Å². The summed E-state index contributed by atoms with van der Waals surface area (Å²) in [6.45, 7) is 0.383. The fourth-order valence-corrected chi connectivity index (χ4v) is 3.84. The molecule has 6 heteroatoms. The van der Waals surface area contributed by atoms with Gasteiger partial charge in [-0.05, 0) is 62.3 Å². The van der Waals surface area contributed by atoms with E-state index in [4.69, 9.17) is 4.74 Å². The van der Waals surface area contributed by atoms with E-state index in [0.29, 0.717) is 18.5 Å². The molecule has 1 aromatic rings. The molecule has 3 aliphatic rings. The van der Waals surface area contributed by atoms with Crippen LogP contribution in [0.15, 0.2) is 18.2 Å². The molecule has 1 aromatic carbocycles. The number of hydrogen-bond donors (Lipinski definition) is 1. The summed E-state index contributed by atoms with van der Waals surface area (Å²) in [7, 11) is 0. The normalized spacial score (nSPS) is 24.2. The van der Waals surface area contributed by atoms with Crippen LogP contribution in [0, 0.1) is 6.42 Å². The number of imide groups is 1. The molecular weight excluding hydrogens is 320 g/mol. The molecule has 1 saturated heterocycles. The predicted molar refractivity (Wildman–Crippen MR) is 89.7 cm³/mol. The third kappa shape index (κ3) is 3.13. The summed E-state index contributed by atoms with van der Waals surface area (Å²) in [5.41, 5.74) is 1.50. The van der Waals surface area contributed by atoms with Gasteiger partial charge >= 0.3 is 0 Å². The van der Waals surface area contributed by atoms with E-state index in [0.717, 1.165) is 37.0 Å². The summed E-state index contributed by atoms with van der Waals surface area (Å²) >= 11 is 0. The molecule has 2 aliphatic heterocycles. The minimum atomic E-state index is -0.574. The van der Waals surface area contributed by atoms with E-state index in [1.165, 1.54) is 0 Å². The summed E-state index contributed by atoms with van der Waals surface area (Å²) in [5, 5.41) is 2.32. The third-order valence-corrected chi connectivity index (χ3v) is 5.16. The summed E-state index contributed by atoms with van der Waals surface area (Å²) in [6, 6.07) is 4.95. The molecule has 2 atom stereocenters. The maximum Gasteiger partial charge on any atom is 0.255 e. The highest BCUT2D eigenvalue weighted by atomic mass is 16.5. The largest absolute Gasteiger partial charge is 0.490 e. The average Bonchev–Trinajstić information content (AvgIpc) is 2.92. The molecule has 1 radical (unpaired) electrons. The number of nitrogens with one attached hydrogen (secondary N) is 1. The lowest BCUT2D eigenvalue weighted by Crippen LogP contribution is -2.52. The van der Waals surface area contributed by atoms with E-state index < -0.39 is 6.04 Å². The molecule has 2 fully saturated rings. The number of ether oxygens (including phenoxy) is 1. The van der Waals surface area contributed by atoms with Crippen molar-refractivity contribution in [1.29, 1.82) is 0 Å². The van der Waals surface area contributed by atoms with Crippen LogP contribution in [0.4, 0.5) is 0 Å². The van der Waals surface area contributed by atoms with Crippen molar-refractivity contribution in [3.8, 4) is 5.75 Å². The van der Waals surface area contributed by atoms with E-state index >= 15 is 0 Å². The molecule has 2 heterocycles. The molecule has 131 valence electrons. The van der Waals surface area contributed by atoms with Crippen LogP contribution in [0.2, 0.25) is 0 Å². The van der Waals surface area contributed by atoms with Crippen LogP contribution in [-0.4, -0.2) is 34.8 Å². The van der Waals surface area contributed by atoms with Crippen molar-refractivity contribution in [3.05, 3.63) is 35.7 Å². The second kappa shape index (κ2) is 6.50. The molecule has 3 amide bonds. The summed E-state index contributed by atoms with van der Waals surface area (Å²) in [5.74, 6) is -0.0315. The summed E-state index contributed by atoms with van der Waals surface area (Å²) < 4.78 is 6.05. The van der Waals surface area contributed by atoms with E-state index in [-0.39, 0.29) is 30.2 Å². The molecule has 6 nitrogen and oxygen atoms in total. The monoisotopic (exact) mass is 341 g/mol. The van der Waals surface area contributed by atoms with Crippen LogP contribution in [0.1, 0.15) is 54.4 Å². The number of piperidine rings is 1. The Morgan fingerprint density at radius 2 is 2.04 bits per heavy atom. The SMILES string of the molecule is O=C1CCC(N2Cc3cc(O[C@@H]4C[CH]CCC4)ccc3C2=O)C(=O)N1. The van der Waals surface area contributed by atoms with Crippen molar-refractivity contribution in [2.75, 3.05) is 0 Å². The average molecular weight is 341 g/mol. The van der Waals surface area contributed by atoms with Crippen molar-refractivity contribution in [2.45, 2.75) is 57.2 Å². The number of fused-ring (bicyclic) bond motifs is 1. The van der Waals surface area contributed by atoms with Crippen LogP contribution in [-0.2, 0) is 16.1 Å². The standard InChI is InChI=1S/C19H21N2O4/c22-17-9-8-16(18(23)20-17)21-11-12-10-14(6-7-15(12)19(21)24)25-13-4-2-1-3-5-13/h2,6-7,10,13,16H,1,3-5,8-9,11H2,(H,20,22,23)/t13-,16?/m1/s1. The maximum absolute atomic E-state index is 12.6. The van der Waals surface area contributed by atoms with Gasteiger partial charge in [-0.3, -0.25) is 19.7 Å². The van der Waals surface area contributed by atoms with E-state index in [1.54, 1.807) is 11.0 Å². The zero-order valence-corrected chi connectivity index (χ0v) is 14.0. The highest BCUT2D eigenvalue weighted by Crippen LogP contribution is 2.31. The van der Waals surface area contributed by atoms with Crippen molar-refractivity contribution in [3.63, 3.8) is 0 Å². The van der Waals surface area contributed by atoms with Crippen molar-refractivity contribution in [1.82, 2.24) is 10.2 Å². The molecule has 1 saturated carbocycles. The minimum absolute atomic E-state index is 0.151. The Morgan fingerprint density at radius 1 is 1.16 bits per heavy atom. The number of benzene rings is 1. The first-order valence-corrected chi connectivity index (χ1v) is 8.88. The number of amides is 3. The van der Waals surface area contributed by atoms with Gasteiger partial charge in [-0.15, -0.1) is 0 Å². The summed E-state index contributed by atoms with van der Waals surface area (Å²) in [4.78, 5) is 37.6. The first kappa shape index (κ1) is 16.1. The lowest BCUT2D eigenvalue weighted by molar-refractivity contribution is -0.136. The van der Waals surface area contributed by atoms with Crippen LogP contribution in [0.25, 0.3) is 0 Å². The zero-order chi connectivity index (χ0) is 17.4. The molecule has 0 bridgehead atoms. The predicted octanol–water partition coefficient (Wildman–Crippen LogP) is 1.97. The Morgan fingerprint density at radius 3 is 2.80 bits per heavy atom. The van der Waals surface area contributed by atoms with Gasteiger partial charge in [-0.25, -0.2) is 0 Å². The van der Waals surface area contributed by atoms with Gasteiger partial charge in [0.15, 0.2) is 0 Å². The lowest BCUT2D eigenvalue weighted by Gasteiger charge is -2.29. The van der Waals surface area contributed by atoms with Crippen molar-refractivity contribution >= 4 is 17.7 Å². The van der Waals surface area contributed by atoms with Crippen LogP contribution >= 0.6 is 0 Å². The fraction of sp³-hybridized carbons (Fsp3) is 0.474. The fourth-order valence-electron chi connectivity index (χ4n) is 3.84. The molecule has 25 heavy (non-hydrogen) atoms. The van der Waals surface area contributed by atoms with E-state index in [1.807, 2.05) is 12.1 Å². The Kier molecular flexibility index (Phi) is 4.19. The Balaban J connectivity index is 1.49. The van der Waals surface area contributed by atoms with Crippen molar-refractivity contribution < 1.29 is 19.1 Å². The molecule has 4 rings (SSSR count). The van der Waals surface area contributed by atoms with Gasteiger partial charge in [0.25, 0.3) is 5.91 Å². The van der Waals surface area contributed by atoms with Crippen LogP contribution in [0.5, 0.6) is 5.75 Å². The van der Waals surface area contributed by atoms with E-state index in [9.17, 15) is 14.4 Å². The number of nitrogens with zero attached hydrogens (tertiary/aromatic N) is 1. The topological polar surface area (TPSA) is 75.7 Å². The first-order chi connectivity index (χ1) is 12.1. The van der Waals surface area contributed by atoms with Gasteiger partial charge < -0.3 is 9.64 Å². The van der Waals surface area contributed by atoms with E-state index in [2.05, 4.69) is 11.7 Å². The Labute approximate surface area is 146 Å². The summed E-state index contributed by atoms with van der Waals surface area (Å²) in [6.07, 6.45) is 7.42. The second-order valence-electron chi connectivity index (χ2n) is 6.91. The molecule has 0 spiro atoms. The second-order valence-corrected chi connectivity index (χ2v) is 6.91. The van der Waals surface area contributed by atoms with Crippen molar-refractivity contribution in [2.24, 2.45) is 0 Å². The third-order valence-electron chi connectivity index (χ3n) is 5.16. The highest BCUT2D eigenvalue weighted by molar-refractivity contribution is 6.05. The van der Waals surface area contributed by atoms with Gasteiger partial charge in [-0.2, -0.15) is 0 Å². The van der Waals surface area contributed by atoms with Gasteiger partial charge in [0, 0.05) is 18.5 Å². The first-order valence-electron chi connectivity index (χ1n) is 8.88. The number of rotatable bonds is 3. The zero-order valence-electron chi connectivity index (χ0n) is 14.0. The van der Waals surface area contributed by atoms with Gasteiger partial charge in [-0.1, -0.05) is 0 Å². The molecule has 1 aliphatic carbocycles. The van der Waals surface area contributed by atoms with Gasteiger partial charge in [0.1, 0.15) is 11.8 Å². The Hall–Kier alpha value is -2.37. The molecule has 1 N–H and O–H groups in total. The minimum Gasteiger partial charge on any atom is -0.490 e. The smallest absolute Gasteiger partial charge is 0.255 e. The lowest BCUT2D eigenvalue weighted by atomic mass is 9.98. The Bertz CT molecular complexity index is 724. The van der Waals surface area contributed by atoms with Crippen LogP contribution < -0.4 is 10.1 Å². The number of carbonyl (C=O) groups excluding carboxylic acids is 3. The molecule has 1 unspecified atom stereocenters. The molecular formula is C19H21N2O4. The maximum atomic E-state index is 12.6. The van der Waals surface area contributed by atoms with Gasteiger partial charge in [0.2, 0.25) is 11.8 Å². The van der Waals surface area contributed by atoms with Crippen LogP contribution in [0.3, 0.4) is 0 Å². The number of hydrogen-bond acceptors (Lipinski definition) is 4. The molecule has 0 aromatic heterocycles. The quantitative estimate of drug-likeness (QED) is 0.853. The highest BCUT2D eigenvalue weighted by Gasteiger charge is 2.39.